The van der Waals surface area contributed by atoms with Gasteiger partial charge in [-0.25, -0.2) is 0 Å². The number of carbonyl (C=O) groups excluding carboxylic acids is 1. The second kappa shape index (κ2) is 7.77. The minimum Gasteiger partial charge on any atom is -0.493 e. The van der Waals surface area contributed by atoms with E-state index in [-0.39, 0.29) is 12.3 Å². The van der Waals surface area contributed by atoms with Gasteiger partial charge in [0.25, 0.3) is 5.91 Å². The molecule has 0 radical (unpaired) electrons. The first-order valence-electron chi connectivity index (χ1n) is 8.57. The third kappa shape index (κ3) is 3.38. The highest BCUT2D eigenvalue weighted by molar-refractivity contribution is 6.32. The van der Waals surface area contributed by atoms with Crippen LogP contribution >= 0.6 is 11.6 Å². The van der Waals surface area contributed by atoms with Crippen molar-refractivity contribution < 1.29 is 14.3 Å². The summed E-state index contributed by atoms with van der Waals surface area (Å²) in [5, 5.41) is 9.85. The van der Waals surface area contributed by atoms with Crippen molar-refractivity contribution in [1.82, 2.24) is 4.90 Å². The van der Waals surface area contributed by atoms with Gasteiger partial charge < -0.3 is 20.1 Å². The Labute approximate surface area is 163 Å². The Bertz CT molecular complexity index is 923. The van der Waals surface area contributed by atoms with Crippen LogP contribution in [0, 0.1) is 11.3 Å². The van der Waals surface area contributed by atoms with Crippen molar-refractivity contribution in [3.05, 3.63) is 52.0 Å². The second-order valence-electron chi connectivity index (χ2n) is 6.14. The molecule has 0 saturated carbocycles. The van der Waals surface area contributed by atoms with Crippen molar-refractivity contribution in [2.45, 2.75) is 25.9 Å². The molecule has 0 spiro atoms. The highest BCUT2D eigenvalue weighted by Gasteiger charge is 2.36. The molecule has 1 unspecified atom stereocenters. The molecule has 1 atom stereocenters. The molecule has 7 heteroatoms. The fourth-order valence-corrected chi connectivity index (χ4v) is 3.57. The van der Waals surface area contributed by atoms with E-state index in [1.54, 1.807) is 30.2 Å². The maximum absolute atomic E-state index is 13.0. The van der Waals surface area contributed by atoms with Crippen LogP contribution in [0.3, 0.4) is 0 Å². The molecular weight excluding hydrogens is 366 g/mol. The molecule has 1 aliphatic rings. The summed E-state index contributed by atoms with van der Waals surface area (Å²) < 4.78 is 11.0. The molecule has 1 aliphatic heterocycles. The number of rotatable bonds is 6. The quantitative estimate of drug-likeness (QED) is 0.761. The zero-order valence-corrected chi connectivity index (χ0v) is 15.9. The van der Waals surface area contributed by atoms with Gasteiger partial charge >= 0.3 is 0 Å². The maximum atomic E-state index is 13.0. The molecular formula is C20H20ClN3O3. The van der Waals surface area contributed by atoms with Crippen LogP contribution in [0.5, 0.6) is 11.5 Å². The van der Waals surface area contributed by atoms with E-state index in [2.05, 4.69) is 6.07 Å². The number of methoxy groups -OCH3 is 1. The summed E-state index contributed by atoms with van der Waals surface area (Å²) in [6, 6.07) is 10.5. The molecule has 0 bridgehead atoms. The van der Waals surface area contributed by atoms with Crippen molar-refractivity contribution in [1.29, 1.82) is 5.26 Å². The molecule has 2 aromatic rings. The largest absolute Gasteiger partial charge is 0.493 e. The molecule has 0 aliphatic carbocycles. The van der Waals surface area contributed by atoms with Crippen LogP contribution in [0.4, 0.5) is 5.69 Å². The zero-order chi connectivity index (χ0) is 19.6. The number of halogens is 1. The maximum Gasteiger partial charge on any atom is 0.257 e. The number of nitriles is 1. The molecule has 1 heterocycles. The average Bonchev–Trinajstić information content (AvgIpc) is 3.01. The summed E-state index contributed by atoms with van der Waals surface area (Å²) in [5.74, 6) is 0.945. The smallest absolute Gasteiger partial charge is 0.257 e. The summed E-state index contributed by atoms with van der Waals surface area (Å²) in [6.07, 6.45) is 0.134. The Morgan fingerprint density at radius 2 is 2.11 bits per heavy atom. The van der Waals surface area contributed by atoms with Gasteiger partial charge in [0.05, 0.1) is 37.8 Å². The average molecular weight is 386 g/mol. The van der Waals surface area contributed by atoms with Gasteiger partial charge in [-0.1, -0.05) is 17.7 Å². The Hall–Kier alpha value is -2.91. The van der Waals surface area contributed by atoms with Crippen molar-refractivity contribution >= 4 is 23.2 Å². The predicted molar refractivity (Wildman–Crippen MR) is 103 cm³/mol. The van der Waals surface area contributed by atoms with E-state index in [9.17, 15) is 10.1 Å². The van der Waals surface area contributed by atoms with Gasteiger partial charge in [-0.3, -0.25) is 4.79 Å². The van der Waals surface area contributed by atoms with Crippen LogP contribution in [0.15, 0.2) is 30.3 Å². The van der Waals surface area contributed by atoms with E-state index in [0.717, 1.165) is 5.56 Å². The number of hydrogen-bond donors (Lipinski definition) is 1. The SMILES string of the molecule is CCOc1cc(C(CC#N)N2Cc3c(Cl)ccc(N)c3C2=O)ccc1OC. The molecule has 140 valence electrons. The second-order valence-corrected chi connectivity index (χ2v) is 6.55. The number of nitrogens with zero attached hydrogens (tertiary/aromatic N) is 2. The summed E-state index contributed by atoms with van der Waals surface area (Å²) in [7, 11) is 1.57. The van der Waals surface area contributed by atoms with Crippen LogP contribution < -0.4 is 15.2 Å². The molecule has 6 nitrogen and oxygen atoms in total. The number of amides is 1. The van der Waals surface area contributed by atoms with E-state index in [1.807, 2.05) is 19.1 Å². The Balaban J connectivity index is 2.02. The van der Waals surface area contributed by atoms with Gasteiger partial charge in [-0.2, -0.15) is 5.26 Å². The normalized spacial score (nSPS) is 13.9. The van der Waals surface area contributed by atoms with Gasteiger partial charge in [0.15, 0.2) is 11.5 Å². The van der Waals surface area contributed by atoms with Crippen LogP contribution in [0.25, 0.3) is 0 Å². The summed E-state index contributed by atoms with van der Waals surface area (Å²) in [6.45, 7) is 2.66. The molecule has 2 aromatic carbocycles. The Kier molecular flexibility index (Phi) is 5.43. The molecule has 0 aromatic heterocycles. The van der Waals surface area contributed by atoms with Crippen LogP contribution in [-0.2, 0) is 6.54 Å². The minimum atomic E-state index is -0.449. The van der Waals surface area contributed by atoms with Gasteiger partial charge in [0.1, 0.15) is 0 Å². The lowest BCUT2D eigenvalue weighted by molar-refractivity contribution is 0.0704. The highest BCUT2D eigenvalue weighted by atomic mass is 35.5. The third-order valence-corrected chi connectivity index (χ3v) is 4.98. The summed E-state index contributed by atoms with van der Waals surface area (Å²) in [4.78, 5) is 14.6. The van der Waals surface area contributed by atoms with Crippen LogP contribution in [0.2, 0.25) is 5.02 Å². The number of anilines is 1. The lowest BCUT2D eigenvalue weighted by Gasteiger charge is -2.27. The van der Waals surface area contributed by atoms with Crippen molar-refractivity contribution in [3.63, 3.8) is 0 Å². The Morgan fingerprint density at radius 1 is 1.33 bits per heavy atom. The monoisotopic (exact) mass is 385 g/mol. The molecule has 27 heavy (non-hydrogen) atoms. The molecule has 0 saturated heterocycles. The van der Waals surface area contributed by atoms with Crippen molar-refractivity contribution in [2.24, 2.45) is 0 Å². The lowest BCUT2D eigenvalue weighted by atomic mass is 10.0. The fourth-order valence-electron chi connectivity index (χ4n) is 3.35. The first-order chi connectivity index (χ1) is 13.0. The molecule has 1 amide bonds. The number of nitrogen functional groups attached to an aromatic ring is 1. The first-order valence-corrected chi connectivity index (χ1v) is 8.95. The number of hydrogen-bond acceptors (Lipinski definition) is 5. The number of benzene rings is 2. The standard InChI is InChI=1S/C20H20ClN3O3/c1-3-27-18-10-12(4-7-17(18)26-2)16(8-9-22)24-11-13-14(21)5-6-15(23)19(13)20(24)25/h4-7,10,16H,3,8,11,23H2,1-2H3. The van der Waals surface area contributed by atoms with Crippen molar-refractivity contribution in [2.75, 3.05) is 19.5 Å². The van der Waals surface area contributed by atoms with Crippen LogP contribution in [0.1, 0.15) is 40.9 Å². The summed E-state index contributed by atoms with van der Waals surface area (Å²) >= 11 is 6.27. The number of carbonyl (C=O) groups is 1. The van der Waals surface area contributed by atoms with Gasteiger partial charge in [-0.05, 0) is 36.8 Å². The topological polar surface area (TPSA) is 88.6 Å². The van der Waals surface area contributed by atoms with Crippen molar-refractivity contribution in [3.8, 4) is 17.6 Å². The lowest BCUT2D eigenvalue weighted by Crippen LogP contribution is -2.29. The van der Waals surface area contributed by atoms with E-state index in [1.165, 1.54) is 0 Å². The summed E-state index contributed by atoms with van der Waals surface area (Å²) in [5.41, 5.74) is 8.30. The minimum absolute atomic E-state index is 0.134. The van der Waals surface area contributed by atoms with Crippen LogP contribution in [-0.4, -0.2) is 24.5 Å². The first kappa shape index (κ1) is 18.9. The fraction of sp³-hybridized carbons (Fsp3) is 0.300. The number of fused-ring (bicyclic) bond motifs is 1. The van der Waals surface area contributed by atoms with Gasteiger partial charge in [0.2, 0.25) is 0 Å². The van der Waals surface area contributed by atoms with E-state index >= 15 is 0 Å². The van der Waals surface area contributed by atoms with Gasteiger partial charge in [-0.15, -0.1) is 0 Å². The third-order valence-electron chi connectivity index (χ3n) is 4.62. The highest BCUT2D eigenvalue weighted by Crippen LogP contribution is 2.40. The molecule has 0 fully saturated rings. The number of nitrogens with two attached hydrogens (primary N) is 1. The zero-order valence-electron chi connectivity index (χ0n) is 15.2. The number of ether oxygens (including phenoxy) is 2. The Morgan fingerprint density at radius 3 is 2.74 bits per heavy atom. The predicted octanol–water partition coefficient (Wildman–Crippen LogP) is 3.94. The van der Waals surface area contributed by atoms with Gasteiger partial charge in [0, 0.05) is 22.8 Å². The van der Waals surface area contributed by atoms with E-state index < -0.39 is 6.04 Å². The molecule has 3 rings (SSSR count). The van der Waals surface area contributed by atoms with E-state index in [4.69, 9.17) is 26.8 Å². The van der Waals surface area contributed by atoms with E-state index in [0.29, 0.717) is 46.5 Å². The molecule has 2 N–H and O–H groups in total.